The van der Waals surface area contributed by atoms with Gasteiger partial charge in [0.2, 0.25) is 5.91 Å². The van der Waals surface area contributed by atoms with Gasteiger partial charge in [-0.25, -0.2) is 0 Å². The van der Waals surface area contributed by atoms with Gasteiger partial charge in [0.1, 0.15) is 0 Å². The zero-order valence-electron chi connectivity index (χ0n) is 10.3. The maximum Gasteiger partial charge on any atom is 0.231 e. The molecule has 0 radical (unpaired) electrons. The molecule has 1 fully saturated rings. The van der Waals surface area contributed by atoms with Crippen LogP contribution < -0.4 is 5.73 Å². The first-order valence-electron chi connectivity index (χ1n) is 6.52. The van der Waals surface area contributed by atoms with E-state index in [1.807, 2.05) is 17.0 Å². The summed E-state index contributed by atoms with van der Waals surface area (Å²) < 4.78 is 0. The number of hydrogen-bond donors (Lipinski definition) is 1. The minimum atomic E-state index is 0.0384. The van der Waals surface area contributed by atoms with E-state index >= 15 is 0 Å². The van der Waals surface area contributed by atoms with Crippen LogP contribution in [0.4, 0.5) is 0 Å². The molecule has 18 heavy (non-hydrogen) atoms. The number of hydrogen-bond acceptors (Lipinski definition) is 3. The Kier molecular flexibility index (Phi) is 3.31. The number of piperidine rings is 1. The highest BCUT2D eigenvalue weighted by molar-refractivity contribution is 7.99. The molecule has 1 saturated heterocycles. The Balaban J connectivity index is 1.78. The van der Waals surface area contributed by atoms with E-state index in [0.717, 1.165) is 31.7 Å². The molecule has 2 atom stereocenters. The van der Waals surface area contributed by atoms with Crippen molar-refractivity contribution in [2.45, 2.75) is 29.7 Å². The summed E-state index contributed by atoms with van der Waals surface area (Å²) in [7, 11) is 0. The molecule has 2 heterocycles. The molecule has 2 aliphatic rings. The second-order valence-electron chi connectivity index (χ2n) is 5.09. The van der Waals surface area contributed by atoms with E-state index in [-0.39, 0.29) is 17.9 Å². The summed E-state index contributed by atoms with van der Waals surface area (Å²) in [5.41, 5.74) is 7.16. The first-order valence-corrected chi connectivity index (χ1v) is 7.50. The van der Waals surface area contributed by atoms with Gasteiger partial charge in [-0.1, -0.05) is 18.2 Å². The van der Waals surface area contributed by atoms with E-state index in [2.05, 4.69) is 12.1 Å². The summed E-state index contributed by atoms with van der Waals surface area (Å²) in [6, 6.07) is 8.41. The molecule has 1 amide bonds. The fourth-order valence-electron chi connectivity index (χ4n) is 2.80. The summed E-state index contributed by atoms with van der Waals surface area (Å²) in [5, 5.41) is 0. The normalized spacial score (nSPS) is 27.1. The monoisotopic (exact) mass is 262 g/mol. The quantitative estimate of drug-likeness (QED) is 0.840. The highest BCUT2D eigenvalue weighted by atomic mass is 32.2. The summed E-state index contributed by atoms with van der Waals surface area (Å²) in [6.45, 7) is 1.60. The molecule has 0 bridgehead atoms. The standard InChI is InChI=1S/C14H18N2OS/c15-10-4-3-7-16(8-10)14(17)12-9-18-13-6-2-1-5-11(12)13/h1-2,5-6,10,12H,3-4,7-9,15H2/t10-,12-/m0/s1. The zero-order valence-corrected chi connectivity index (χ0v) is 11.2. The Morgan fingerprint density at radius 1 is 1.39 bits per heavy atom. The minimum Gasteiger partial charge on any atom is -0.341 e. The Bertz CT molecular complexity index is 463. The number of benzene rings is 1. The average molecular weight is 262 g/mol. The number of likely N-dealkylation sites (tertiary alicyclic amines) is 1. The van der Waals surface area contributed by atoms with Crippen molar-refractivity contribution in [3.05, 3.63) is 29.8 Å². The molecule has 2 aliphatic heterocycles. The van der Waals surface area contributed by atoms with Crippen molar-refractivity contribution in [1.82, 2.24) is 4.90 Å². The molecule has 0 aliphatic carbocycles. The molecule has 96 valence electrons. The number of thioether (sulfide) groups is 1. The Morgan fingerprint density at radius 2 is 2.22 bits per heavy atom. The third-order valence-electron chi connectivity index (χ3n) is 3.77. The van der Waals surface area contributed by atoms with Gasteiger partial charge in [-0.05, 0) is 24.5 Å². The van der Waals surface area contributed by atoms with Crippen LogP contribution in [0.3, 0.4) is 0 Å². The second kappa shape index (κ2) is 4.94. The maximum atomic E-state index is 12.6. The lowest BCUT2D eigenvalue weighted by Crippen LogP contribution is -2.47. The van der Waals surface area contributed by atoms with Gasteiger partial charge in [-0.15, -0.1) is 11.8 Å². The number of carbonyl (C=O) groups is 1. The van der Waals surface area contributed by atoms with Crippen LogP contribution in [-0.4, -0.2) is 35.7 Å². The van der Waals surface area contributed by atoms with Crippen LogP contribution in [0.2, 0.25) is 0 Å². The maximum absolute atomic E-state index is 12.6. The first-order chi connectivity index (χ1) is 8.75. The molecule has 0 unspecified atom stereocenters. The summed E-state index contributed by atoms with van der Waals surface area (Å²) in [6.07, 6.45) is 2.08. The highest BCUT2D eigenvalue weighted by Crippen LogP contribution is 2.40. The van der Waals surface area contributed by atoms with Crippen molar-refractivity contribution in [1.29, 1.82) is 0 Å². The number of nitrogens with two attached hydrogens (primary N) is 1. The highest BCUT2D eigenvalue weighted by Gasteiger charge is 2.33. The molecule has 0 aromatic heterocycles. The van der Waals surface area contributed by atoms with Gasteiger partial charge in [0.05, 0.1) is 5.92 Å². The van der Waals surface area contributed by atoms with Gasteiger partial charge in [-0.3, -0.25) is 4.79 Å². The molecular weight excluding hydrogens is 244 g/mol. The third-order valence-corrected chi connectivity index (χ3v) is 4.95. The SMILES string of the molecule is N[C@H]1CCCN(C(=O)[C@H]2CSc3ccccc32)C1. The molecule has 3 nitrogen and oxygen atoms in total. The van der Waals surface area contributed by atoms with Crippen LogP contribution in [0.1, 0.15) is 24.3 Å². The van der Waals surface area contributed by atoms with Crippen LogP contribution in [0.15, 0.2) is 29.2 Å². The lowest BCUT2D eigenvalue weighted by atomic mass is 9.98. The van der Waals surface area contributed by atoms with Crippen LogP contribution in [0.25, 0.3) is 0 Å². The van der Waals surface area contributed by atoms with E-state index < -0.39 is 0 Å². The fourth-order valence-corrected chi connectivity index (χ4v) is 4.02. The molecular formula is C14H18N2OS. The van der Waals surface area contributed by atoms with Crippen molar-refractivity contribution in [3.63, 3.8) is 0 Å². The van der Waals surface area contributed by atoms with E-state index in [4.69, 9.17) is 5.73 Å². The van der Waals surface area contributed by atoms with Crippen molar-refractivity contribution in [2.24, 2.45) is 5.73 Å². The van der Waals surface area contributed by atoms with Gasteiger partial charge in [0.15, 0.2) is 0 Å². The van der Waals surface area contributed by atoms with E-state index in [1.54, 1.807) is 11.8 Å². The van der Waals surface area contributed by atoms with E-state index in [9.17, 15) is 4.79 Å². The summed E-state index contributed by atoms with van der Waals surface area (Å²) >= 11 is 1.79. The molecule has 1 aromatic carbocycles. The van der Waals surface area contributed by atoms with Crippen molar-refractivity contribution in [2.75, 3.05) is 18.8 Å². The number of rotatable bonds is 1. The summed E-state index contributed by atoms with van der Waals surface area (Å²) in [5.74, 6) is 1.18. The number of nitrogens with zero attached hydrogens (tertiary/aromatic N) is 1. The van der Waals surface area contributed by atoms with Gasteiger partial charge in [0, 0.05) is 29.8 Å². The minimum absolute atomic E-state index is 0.0384. The Hall–Kier alpha value is -1.00. The molecule has 0 saturated carbocycles. The fraction of sp³-hybridized carbons (Fsp3) is 0.500. The third kappa shape index (κ3) is 2.15. The first kappa shape index (κ1) is 12.1. The molecule has 4 heteroatoms. The lowest BCUT2D eigenvalue weighted by molar-refractivity contribution is -0.133. The smallest absolute Gasteiger partial charge is 0.231 e. The van der Waals surface area contributed by atoms with Gasteiger partial charge in [0.25, 0.3) is 0 Å². The van der Waals surface area contributed by atoms with Crippen molar-refractivity contribution < 1.29 is 4.79 Å². The van der Waals surface area contributed by atoms with Gasteiger partial charge in [-0.2, -0.15) is 0 Å². The molecule has 1 aromatic rings. The van der Waals surface area contributed by atoms with Gasteiger partial charge < -0.3 is 10.6 Å². The van der Waals surface area contributed by atoms with Crippen LogP contribution in [-0.2, 0) is 4.79 Å². The molecule has 0 spiro atoms. The Labute approximate surface area is 112 Å². The van der Waals surface area contributed by atoms with Crippen molar-refractivity contribution >= 4 is 17.7 Å². The molecule has 3 rings (SSSR count). The number of carbonyl (C=O) groups excluding carboxylic acids is 1. The predicted octanol–water partition coefficient (Wildman–Crippen LogP) is 1.83. The largest absolute Gasteiger partial charge is 0.341 e. The number of fused-ring (bicyclic) bond motifs is 1. The van der Waals surface area contributed by atoms with E-state index in [1.165, 1.54) is 10.5 Å². The number of amides is 1. The Morgan fingerprint density at radius 3 is 3.06 bits per heavy atom. The van der Waals surface area contributed by atoms with Crippen LogP contribution >= 0.6 is 11.8 Å². The van der Waals surface area contributed by atoms with Crippen molar-refractivity contribution in [3.8, 4) is 0 Å². The predicted molar refractivity (Wildman–Crippen MR) is 73.7 cm³/mol. The molecule has 2 N–H and O–H groups in total. The lowest BCUT2D eigenvalue weighted by Gasteiger charge is -2.32. The van der Waals surface area contributed by atoms with E-state index in [0.29, 0.717) is 0 Å². The zero-order chi connectivity index (χ0) is 12.5. The van der Waals surface area contributed by atoms with Crippen LogP contribution in [0, 0.1) is 0 Å². The van der Waals surface area contributed by atoms with Crippen LogP contribution in [0.5, 0.6) is 0 Å². The second-order valence-corrected chi connectivity index (χ2v) is 6.15. The topological polar surface area (TPSA) is 46.3 Å². The van der Waals surface area contributed by atoms with Gasteiger partial charge >= 0.3 is 0 Å². The average Bonchev–Trinajstić information content (AvgIpc) is 2.82. The summed E-state index contributed by atoms with van der Waals surface area (Å²) in [4.78, 5) is 15.8.